The molecule has 4 nitrogen and oxygen atoms in total. The number of aliphatic hydroxyl groups excluding tert-OH is 1. The Balaban J connectivity index is 2.00. The highest BCUT2D eigenvalue weighted by Crippen LogP contribution is 2.25. The molecule has 0 saturated carbocycles. The molecule has 0 bridgehead atoms. The van der Waals surface area contributed by atoms with Crippen LogP contribution >= 0.6 is 0 Å². The molecule has 108 valence electrons. The van der Waals surface area contributed by atoms with E-state index in [4.69, 9.17) is 0 Å². The van der Waals surface area contributed by atoms with Crippen molar-refractivity contribution >= 4 is 21.9 Å². The molecule has 4 aromatic rings. The topological polar surface area (TPSA) is 50.9 Å². The summed E-state index contributed by atoms with van der Waals surface area (Å²) in [4.78, 5) is 8.98. The number of fused-ring (bicyclic) bond motifs is 3. The minimum Gasteiger partial charge on any atom is -0.388 e. The molecule has 0 aliphatic heterocycles. The summed E-state index contributed by atoms with van der Waals surface area (Å²) in [6, 6.07) is 18.2. The van der Waals surface area contributed by atoms with Gasteiger partial charge in [-0.25, -0.2) is 4.98 Å². The Morgan fingerprint density at radius 1 is 0.909 bits per heavy atom. The number of benzene rings is 2. The molecule has 0 atom stereocenters. The molecule has 22 heavy (non-hydrogen) atoms. The van der Waals surface area contributed by atoms with E-state index in [0.29, 0.717) is 12.4 Å². The van der Waals surface area contributed by atoms with Gasteiger partial charge >= 0.3 is 0 Å². The van der Waals surface area contributed by atoms with Crippen LogP contribution in [0.2, 0.25) is 0 Å². The molecule has 0 radical (unpaired) electrons. The van der Waals surface area contributed by atoms with Crippen LogP contribution in [0.25, 0.3) is 21.9 Å². The summed E-state index contributed by atoms with van der Waals surface area (Å²) in [6.45, 7) is 0.594. The van der Waals surface area contributed by atoms with Crippen LogP contribution in [0.1, 0.15) is 11.4 Å². The number of para-hydroxylation sites is 1. The second-order valence-corrected chi connectivity index (χ2v) is 5.27. The summed E-state index contributed by atoms with van der Waals surface area (Å²) in [5, 5.41) is 10.7. The molecule has 2 aromatic heterocycles. The van der Waals surface area contributed by atoms with Crippen LogP contribution in [0.4, 0.5) is 0 Å². The van der Waals surface area contributed by atoms with Gasteiger partial charge in [-0.3, -0.25) is 4.98 Å². The average molecular weight is 289 g/mol. The van der Waals surface area contributed by atoms with Crippen molar-refractivity contribution in [1.29, 1.82) is 0 Å². The lowest BCUT2D eigenvalue weighted by molar-refractivity contribution is 0.267. The van der Waals surface area contributed by atoms with E-state index in [2.05, 4.69) is 32.7 Å². The van der Waals surface area contributed by atoms with Gasteiger partial charge in [-0.2, -0.15) is 0 Å². The van der Waals surface area contributed by atoms with Crippen LogP contribution in [-0.2, 0) is 13.2 Å². The Labute approximate surface area is 127 Å². The number of pyridine rings is 1. The highest BCUT2D eigenvalue weighted by atomic mass is 16.3. The predicted octanol–water partition coefficient (Wildman–Crippen LogP) is 3.13. The molecule has 4 heteroatoms. The standard InChI is InChI=1S/C18H15N3O/c22-12-17-20-16-10-19-15-9-5-4-8-14(15)18(16)21(17)11-13-6-2-1-3-7-13/h1-10,22H,11-12H2. The first-order valence-corrected chi connectivity index (χ1v) is 7.24. The zero-order valence-electron chi connectivity index (χ0n) is 12.0. The Kier molecular flexibility index (Phi) is 3.09. The van der Waals surface area contributed by atoms with Crippen LogP contribution < -0.4 is 0 Å². The smallest absolute Gasteiger partial charge is 0.136 e. The third kappa shape index (κ3) is 2.05. The number of nitrogens with zero attached hydrogens (tertiary/aromatic N) is 3. The fourth-order valence-corrected chi connectivity index (χ4v) is 2.87. The summed E-state index contributed by atoms with van der Waals surface area (Å²) in [5.41, 5.74) is 3.96. The van der Waals surface area contributed by atoms with Gasteiger partial charge in [0.1, 0.15) is 17.9 Å². The molecule has 2 heterocycles. The quantitative estimate of drug-likeness (QED) is 0.630. The molecule has 0 amide bonds. The number of aliphatic hydroxyl groups is 1. The number of hydrogen-bond donors (Lipinski definition) is 1. The minimum atomic E-state index is -0.0875. The fraction of sp³-hybridized carbons (Fsp3) is 0.111. The highest BCUT2D eigenvalue weighted by Gasteiger charge is 2.13. The van der Waals surface area contributed by atoms with Crippen molar-refractivity contribution in [3.63, 3.8) is 0 Å². The molecule has 4 rings (SSSR count). The molecule has 1 N–H and O–H groups in total. The maximum Gasteiger partial charge on any atom is 0.136 e. The first-order valence-electron chi connectivity index (χ1n) is 7.24. The molecule has 0 spiro atoms. The van der Waals surface area contributed by atoms with Gasteiger partial charge in [-0.15, -0.1) is 0 Å². The van der Waals surface area contributed by atoms with E-state index < -0.39 is 0 Å². The second kappa shape index (κ2) is 5.24. The molecular weight excluding hydrogens is 274 g/mol. The molecule has 0 aliphatic carbocycles. The summed E-state index contributed by atoms with van der Waals surface area (Å²) in [6.07, 6.45) is 1.78. The second-order valence-electron chi connectivity index (χ2n) is 5.27. The summed E-state index contributed by atoms with van der Waals surface area (Å²) < 4.78 is 2.08. The summed E-state index contributed by atoms with van der Waals surface area (Å²) >= 11 is 0. The summed E-state index contributed by atoms with van der Waals surface area (Å²) in [5.74, 6) is 0.664. The van der Waals surface area contributed by atoms with Crippen molar-refractivity contribution < 1.29 is 5.11 Å². The predicted molar refractivity (Wildman–Crippen MR) is 86.5 cm³/mol. The zero-order valence-corrected chi connectivity index (χ0v) is 12.0. The third-order valence-corrected chi connectivity index (χ3v) is 3.88. The van der Waals surface area contributed by atoms with E-state index in [1.165, 1.54) is 5.56 Å². The first-order chi connectivity index (χ1) is 10.9. The summed E-state index contributed by atoms with van der Waals surface area (Å²) in [7, 11) is 0. The van der Waals surface area contributed by atoms with Crippen molar-refractivity contribution in [2.75, 3.05) is 0 Å². The lowest BCUT2D eigenvalue weighted by Gasteiger charge is -2.09. The lowest BCUT2D eigenvalue weighted by Crippen LogP contribution is -2.05. The number of aromatic nitrogens is 3. The van der Waals surface area contributed by atoms with Gasteiger partial charge in [-0.1, -0.05) is 48.5 Å². The van der Waals surface area contributed by atoms with Crippen molar-refractivity contribution in [3.05, 3.63) is 72.2 Å². The Bertz CT molecular complexity index is 945. The van der Waals surface area contributed by atoms with Crippen molar-refractivity contribution in [2.45, 2.75) is 13.2 Å². The molecule has 0 saturated heterocycles. The maximum absolute atomic E-state index is 9.67. The van der Waals surface area contributed by atoms with Crippen molar-refractivity contribution in [3.8, 4) is 0 Å². The van der Waals surface area contributed by atoms with E-state index in [1.807, 2.05) is 36.4 Å². The first kappa shape index (κ1) is 13.0. The van der Waals surface area contributed by atoms with Crippen molar-refractivity contribution in [1.82, 2.24) is 14.5 Å². The Hall–Kier alpha value is -2.72. The van der Waals surface area contributed by atoms with Gasteiger partial charge in [0.05, 0.1) is 17.2 Å². The van der Waals surface area contributed by atoms with Crippen LogP contribution in [0.3, 0.4) is 0 Å². The van der Waals surface area contributed by atoms with Gasteiger partial charge in [0.2, 0.25) is 0 Å². The van der Waals surface area contributed by atoms with Gasteiger partial charge in [0.15, 0.2) is 0 Å². The van der Waals surface area contributed by atoms with E-state index in [9.17, 15) is 5.11 Å². The van der Waals surface area contributed by atoms with Crippen LogP contribution in [0.5, 0.6) is 0 Å². The molecule has 0 aliphatic rings. The molecule has 2 aromatic carbocycles. The van der Waals surface area contributed by atoms with Gasteiger partial charge < -0.3 is 9.67 Å². The molecule has 0 fully saturated rings. The lowest BCUT2D eigenvalue weighted by atomic mass is 10.2. The van der Waals surface area contributed by atoms with Gasteiger partial charge in [0, 0.05) is 11.9 Å². The Morgan fingerprint density at radius 2 is 1.68 bits per heavy atom. The van der Waals surface area contributed by atoms with Crippen LogP contribution in [0.15, 0.2) is 60.8 Å². The monoisotopic (exact) mass is 289 g/mol. The number of hydrogen-bond acceptors (Lipinski definition) is 3. The Morgan fingerprint density at radius 3 is 2.50 bits per heavy atom. The van der Waals surface area contributed by atoms with E-state index in [0.717, 1.165) is 21.9 Å². The largest absolute Gasteiger partial charge is 0.388 e. The SMILES string of the molecule is OCc1nc2cnc3ccccc3c2n1Cc1ccccc1. The zero-order chi connectivity index (χ0) is 14.9. The average Bonchev–Trinajstić information content (AvgIpc) is 2.94. The maximum atomic E-state index is 9.67. The van der Waals surface area contributed by atoms with Gasteiger partial charge in [0.25, 0.3) is 0 Å². The third-order valence-electron chi connectivity index (χ3n) is 3.88. The molecular formula is C18H15N3O. The van der Waals surface area contributed by atoms with E-state index >= 15 is 0 Å². The van der Waals surface area contributed by atoms with Gasteiger partial charge in [-0.05, 0) is 11.6 Å². The van der Waals surface area contributed by atoms with Crippen LogP contribution in [-0.4, -0.2) is 19.6 Å². The number of rotatable bonds is 3. The van der Waals surface area contributed by atoms with Crippen molar-refractivity contribution in [2.24, 2.45) is 0 Å². The van der Waals surface area contributed by atoms with Crippen LogP contribution in [0, 0.1) is 0 Å². The van der Waals surface area contributed by atoms with E-state index in [-0.39, 0.29) is 6.61 Å². The number of imidazole rings is 1. The highest BCUT2D eigenvalue weighted by molar-refractivity contribution is 6.02. The fourth-order valence-electron chi connectivity index (χ4n) is 2.87. The minimum absolute atomic E-state index is 0.0875. The normalized spacial score (nSPS) is 11.3. The van der Waals surface area contributed by atoms with E-state index in [1.54, 1.807) is 6.20 Å². The molecule has 0 unspecified atom stereocenters.